The topological polar surface area (TPSA) is 55.2 Å². The molecule has 2 rings (SSSR count). The van der Waals surface area contributed by atoms with Gasteiger partial charge in [0.1, 0.15) is 4.90 Å². The van der Waals surface area contributed by atoms with E-state index in [1.54, 1.807) is 17.5 Å². The van der Waals surface area contributed by atoms with Crippen molar-refractivity contribution < 1.29 is 8.42 Å². The molecule has 0 radical (unpaired) electrons. The molecule has 0 spiro atoms. The Labute approximate surface area is 119 Å². The second-order valence-corrected chi connectivity index (χ2v) is 7.21. The largest absolute Gasteiger partial charge is 0.274 e. The summed E-state index contributed by atoms with van der Waals surface area (Å²) in [5.74, 6) is 0.315. The summed E-state index contributed by atoms with van der Waals surface area (Å²) in [4.78, 5) is 0.255. The Morgan fingerprint density at radius 3 is 2.63 bits per heavy atom. The number of hydrogen-bond acceptors (Lipinski definition) is 3. The minimum absolute atomic E-state index is 0.0812. The van der Waals surface area contributed by atoms with Crippen LogP contribution in [0.3, 0.4) is 0 Å². The number of sulfonamides is 1. The molecule has 5 nitrogen and oxygen atoms in total. The number of aromatic nitrogens is 2. The minimum Gasteiger partial charge on any atom is -0.274 e. The molecule has 1 aliphatic carbocycles. The lowest BCUT2D eigenvalue weighted by atomic mass is 9.95. The molecule has 108 valence electrons. The van der Waals surface area contributed by atoms with Crippen LogP contribution in [-0.4, -0.2) is 41.0 Å². The van der Waals surface area contributed by atoms with E-state index >= 15 is 0 Å². The zero-order valence-corrected chi connectivity index (χ0v) is 12.7. The van der Waals surface area contributed by atoms with Crippen LogP contribution in [0.15, 0.2) is 17.3 Å². The average Bonchev–Trinajstić information content (AvgIpc) is 2.84. The van der Waals surface area contributed by atoms with Crippen LogP contribution in [0.1, 0.15) is 32.1 Å². The van der Waals surface area contributed by atoms with E-state index in [4.69, 9.17) is 11.6 Å². The first-order valence-electron chi connectivity index (χ1n) is 6.62. The zero-order chi connectivity index (χ0) is 13.9. The Morgan fingerprint density at radius 2 is 2.11 bits per heavy atom. The van der Waals surface area contributed by atoms with Crippen LogP contribution in [-0.2, 0) is 17.1 Å². The molecule has 1 aromatic heterocycles. The van der Waals surface area contributed by atoms with Gasteiger partial charge in [-0.2, -0.15) is 9.40 Å². The summed E-state index contributed by atoms with van der Waals surface area (Å²) in [6, 6.07) is 0.0812. The normalized spacial score (nSPS) is 18.1. The molecule has 1 fully saturated rings. The SMILES string of the molecule is Cn1cc(S(=O)(=O)N(CCCl)C2CCCCC2)cn1. The van der Waals surface area contributed by atoms with E-state index in [1.807, 2.05) is 0 Å². The fourth-order valence-corrected chi connectivity index (χ4v) is 4.57. The summed E-state index contributed by atoms with van der Waals surface area (Å²) >= 11 is 5.79. The molecule has 19 heavy (non-hydrogen) atoms. The Balaban J connectivity index is 2.26. The molecule has 0 unspecified atom stereocenters. The van der Waals surface area contributed by atoms with Gasteiger partial charge in [-0.05, 0) is 12.8 Å². The highest BCUT2D eigenvalue weighted by molar-refractivity contribution is 7.89. The van der Waals surface area contributed by atoms with Crippen molar-refractivity contribution in [2.75, 3.05) is 12.4 Å². The van der Waals surface area contributed by atoms with Crippen molar-refractivity contribution in [3.05, 3.63) is 12.4 Å². The van der Waals surface area contributed by atoms with Crippen LogP contribution < -0.4 is 0 Å². The molecule has 0 atom stereocenters. The number of hydrogen-bond donors (Lipinski definition) is 0. The van der Waals surface area contributed by atoms with E-state index in [9.17, 15) is 8.42 Å². The lowest BCUT2D eigenvalue weighted by molar-refractivity contribution is 0.262. The second-order valence-electron chi connectivity index (χ2n) is 4.95. The van der Waals surface area contributed by atoms with Gasteiger partial charge in [0, 0.05) is 31.7 Å². The molecular formula is C12H20ClN3O2S. The van der Waals surface area contributed by atoms with Gasteiger partial charge in [-0.25, -0.2) is 8.42 Å². The monoisotopic (exact) mass is 305 g/mol. The summed E-state index contributed by atoms with van der Waals surface area (Å²) < 4.78 is 28.4. The number of alkyl halides is 1. The van der Waals surface area contributed by atoms with Crippen molar-refractivity contribution in [2.45, 2.75) is 43.0 Å². The van der Waals surface area contributed by atoms with Gasteiger partial charge >= 0.3 is 0 Å². The van der Waals surface area contributed by atoms with Crippen molar-refractivity contribution in [2.24, 2.45) is 7.05 Å². The molecule has 1 aliphatic rings. The summed E-state index contributed by atoms with van der Waals surface area (Å²) in [5, 5.41) is 3.95. The predicted molar refractivity (Wildman–Crippen MR) is 74.7 cm³/mol. The summed E-state index contributed by atoms with van der Waals surface area (Å²) in [6.07, 6.45) is 8.17. The molecule has 1 saturated carbocycles. The van der Waals surface area contributed by atoms with Gasteiger partial charge in [0.05, 0.1) is 6.20 Å². The molecule has 0 amide bonds. The lowest BCUT2D eigenvalue weighted by Crippen LogP contribution is -2.42. The quantitative estimate of drug-likeness (QED) is 0.782. The van der Waals surface area contributed by atoms with E-state index in [1.165, 1.54) is 17.3 Å². The summed E-state index contributed by atoms with van der Waals surface area (Å²) in [6.45, 7) is 0.365. The first-order chi connectivity index (χ1) is 9.05. The summed E-state index contributed by atoms with van der Waals surface area (Å²) in [7, 11) is -1.76. The third kappa shape index (κ3) is 3.30. The zero-order valence-electron chi connectivity index (χ0n) is 11.1. The van der Waals surface area contributed by atoms with Crippen molar-refractivity contribution >= 4 is 21.6 Å². The highest BCUT2D eigenvalue weighted by Gasteiger charge is 2.32. The first kappa shape index (κ1) is 14.8. The Kier molecular flexibility index (Phi) is 4.86. The molecule has 0 N–H and O–H groups in total. The number of aryl methyl sites for hydroxylation is 1. The van der Waals surface area contributed by atoms with Crippen molar-refractivity contribution in [3.63, 3.8) is 0 Å². The van der Waals surface area contributed by atoms with Gasteiger partial charge in [0.15, 0.2) is 0 Å². The highest BCUT2D eigenvalue weighted by Crippen LogP contribution is 2.27. The van der Waals surface area contributed by atoms with Gasteiger partial charge in [-0.3, -0.25) is 4.68 Å². The predicted octanol–water partition coefficient (Wildman–Crippen LogP) is 1.98. The number of rotatable bonds is 5. The Morgan fingerprint density at radius 1 is 1.42 bits per heavy atom. The van der Waals surface area contributed by atoms with E-state index in [-0.39, 0.29) is 10.9 Å². The second kappa shape index (κ2) is 6.24. The van der Waals surface area contributed by atoms with E-state index in [2.05, 4.69) is 5.10 Å². The Bertz CT molecular complexity index is 509. The van der Waals surface area contributed by atoms with E-state index < -0.39 is 10.0 Å². The van der Waals surface area contributed by atoms with Crippen LogP contribution in [0.4, 0.5) is 0 Å². The maximum atomic E-state index is 12.6. The molecule has 0 aromatic carbocycles. The molecule has 0 aliphatic heterocycles. The van der Waals surface area contributed by atoms with Gasteiger partial charge in [0.2, 0.25) is 10.0 Å². The fourth-order valence-electron chi connectivity index (χ4n) is 2.62. The van der Waals surface area contributed by atoms with Gasteiger partial charge in [-0.1, -0.05) is 19.3 Å². The smallest absolute Gasteiger partial charge is 0.246 e. The number of halogens is 1. The lowest BCUT2D eigenvalue weighted by Gasteiger charge is -2.32. The highest BCUT2D eigenvalue weighted by atomic mass is 35.5. The minimum atomic E-state index is -3.48. The van der Waals surface area contributed by atoms with Gasteiger partial charge in [0.25, 0.3) is 0 Å². The molecule has 0 saturated heterocycles. The molecule has 0 bridgehead atoms. The maximum Gasteiger partial charge on any atom is 0.246 e. The third-order valence-electron chi connectivity index (χ3n) is 3.57. The van der Waals surface area contributed by atoms with Crippen LogP contribution in [0, 0.1) is 0 Å². The number of nitrogens with zero attached hydrogens (tertiary/aromatic N) is 3. The van der Waals surface area contributed by atoms with Crippen LogP contribution in [0.5, 0.6) is 0 Å². The van der Waals surface area contributed by atoms with Crippen LogP contribution >= 0.6 is 11.6 Å². The summed E-state index contributed by atoms with van der Waals surface area (Å²) in [5.41, 5.74) is 0. The van der Waals surface area contributed by atoms with Crippen molar-refractivity contribution in [1.29, 1.82) is 0 Å². The van der Waals surface area contributed by atoms with Crippen molar-refractivity contribution in [1.82, 2.24) is 14.1 Å². The van der Waals surface area contributed by atoms with Crippen molar-refractivity contribution in [3.8, 4) is 0 Å². The standard InChI is InChI=1S/C12H20ClN3O2S/c1-15-10-12(9-14-15)19(17,18)16(8-7-13)11-5-3-2-4-6-11/h9-11H,2-8H2,1H3. The van der Waals surface area contributed by atoms with Crippen LogP contribution in [0.25, 0.3) is 0 Å². The molecular weight excluding hydrogens is 286 g/mol. The van der Waals surface area contributed by atoms with Gasteiger partial charge < -0.3 is 0 Å². The fraction of sp³-hybridized carbons (Fsp3) is 0.750. The molecule has 7 heteroatoms. The van der Waals surface area contributed by atoms with E-state index in [0.29, 0.717) is 12.4 Å². The maximum absolute atomic E-state index is 12.6. The van der Waals surface area contributed by atoms with Gasteiger partial charge in [-0.15, -0.1) is 11.6 Å². The third-order valence-corrected chi connectivity index (χ3v) is 5.65. The molecule has 1 heterocycles. The average molecular weight is 306 g/mol. The van der Waals surface area contributed by atoms with Crippen LogP contribution in [0.2, 0.25) is 0 Å². The first-order valence-corrected chi connectivity index (χ1v) is 8.59. The molecule has 1 aromatic rings. The van der Waals surface area contributed by atoms with E-state index in [0.717, 1.165) is 25.7 Å². The Hall–Kier alpha value is -0.590.